The molecule has 0 aliphatic rings. The fourth-order valence-electron chi connectivity index (χ4n) is 6.73. The second-order valence-corrected chi connectivity index (χ2v) is 10.9. The van der Waals surface area contributed by atoms with Gasteiger partial charge in [-0.3, -0.25) is 0 Å². The fraction of sp³-hybridized carbons (Fsp3) is 0. The van der Waals surface area contributed by atoms with Crippen molar-refractivity contribution in [1.82, 2.24) is 0 Å². The summed E-state index contributed by atoms with van der Waals surface area (Å²) in [5.74, 6) is 0. The summed E-state index contributed by atoms with van der Waals surface area (Å²) in [6, 6.07) is 52.5. The van der Waals surface area contributed by atoms with Crippen LogP contribution in [0.15, 0.2) is 150 Å². The van der Waals surface area contributed by atoms with Crippen LogP contribution in [0.5, 0.6) is 0 Å². The molecule has 0 spiro atoms. The summed E-state index contributed by atoms with van der Waals surface area (Å²) in [6.45, 7) is 0. The molecular weight excluding hydrogens is 496 g/mol. The van der Waals surface area contributed by atoms with E-state index in [-0.39, 0.29) is 0 Å². The number of para-hydroxylation sites is 1. The summed E-state index contributed by atoms with van der Waals surface area (Å²) in [4.78, 5) is 0. The van der Waals surface area contributed by atoms with E-state index in [9.17, 15) is 0 Å². The first kappa shape index (κ1) is 22.4. The van der Waals surface area contributed by atoms with Crippen LogP contribution in [0.2, 0.25) is 0 Å². The molecule has 9 rings (SSSR count). The molecule has 8 aromatic carbocycles. The standard InChI is InChI=1S/C40H24O/c1-3-8-25(9-4-1)30-19-14-27-17-22-34-31(20-15-28-16-21-33(30)38(27)39(28)34)29-18-23-37-36(24-29)35-13-7-12-32(40(35)41-37)26-10-5-2-6-11-26/h1-24H. The second kappa shape index (κ2) is 8.55. The van der Waals surface area contributed by atoms with E-state index in [1.165, 1.54) is 60.1 Å². The minimum atomic E-state index is 0.914. The van der Waals surface area contributed by atoms with Crippen molar-refractivity contribution in [3.8, 4) is 33.4 Å². The summed E-state index contributed by atoms with van der Waals surface area (Å²) in [6.07, 6.45) is 0. The summed E-state index contributed by atoms with van der Waals surface area (Å²) < 4.78 is 6.46. The fourth-order valence-corrected chi connectivity index (χ4v) is 6.73. The van der Waals surface area contributed by atoms with Crippen LogP contribution in [0.1, 0.15) is 0 Å². The lowest BCUT2D eigenvalue weighted by molar-refractivity contribution is 0.670. The van der Waals surface area contributed by atoms with E-state index in [1.54, 1.807) is 0 Å². The maximum atomic E-state index is 6.46. The van der Waals surface area contributed by atoms with Gasteiger partial charge in [-0.05, 0) is 72.3 Å². The minimum absolute atomic E-state index is 0.914. The topological polar surface area (TPSA) is 13.1 Å². The van der Waals surface area contributed by atoms with Gasteiger partial charge in [0.1, 0.15) is 11.2 Å². The molecule has 9 aromatic rings. The predicted octanol–water partition coefficient (Wildman–Crippen LogP) is 11.5. The van der Waals surface area contributed by atoms with Gasteiger partial charge in [-0.2, -0.15) is 0 Å². The zero-order chi connectivity index (χ0) is 26.9. The zero-order valence-corrected chi connectivity index (χ0v) is 22.3. The first-order valence-electron chi connectivity index (χ1n) is 14.1. The van der Waals surface area contributed by atoms with Crippen LogP contribution < -0.4 is 0 Å². The molecule has 1 heterocycles. The lowest BCUT2D eigenvalue weighted by Gasteiger charge is -2.16. The van der Waals surface area contributed by atoms with Crippen LogP contribution in [-0.2, 0) is 0 Å². The SMILES string of the molecule is c1ccc(-c2ccc3ccc4c(-c5ccc6oc7c(-c8ccccc8)cccc7c6c5)ccc5ccc2c3c54)cc1. The Morgan fingerprint density at radius 1 is 0.341 bits per heavy atom. The van der Waals surface area contributed by atoms with Gasteiger partial charge in [-0.25, -0.2) is 0 Å². The van der Waals surface area contributed by atoms with Gasteiger partial charge in [-0.15, -0.1) is 0 Å². The number of furan rings is 1. The average molecular weight is 521 g/mol. The van der Waals surface area contributed by atoms with Crippen molar-refractivity contribution in [2.24, 2.45) is 0 Å². The van der Waals surface area contributed by atoms with Gasteiger partial charge >= 0.3 is 0 Å². The highest BCUT2D eigenvalue weighted by molar-refractivity contribution is 6.27. The van der Waals surface area contributed by atoms with Gasteiger partial charge in [-0.1, -0.05) is 133 Å². The number of hydrogen-bond acceptors (Lipinski definition) is 1. The molecule has 0 unspecified atom stereocenters. The van der Waals surface area contributed by atoms with Crippen molar-refractivity contribution in [2.45, 2.75) is 0 Å². The molecule has 0 saturated carbocycles. The Balaban J connectivity index is 1.29. The van der Waals surface area contributed by atoms with Crippen LogP contribution in [0.3, 0.4) is 0 Å². The summed E-state index contributed by atoms with van der Waals surface area (Å²) in [5, 5.41) is 10.1. The first-order valence-corrected chi connectivity index (χ1v) is 14.1. The quantitative estimate of drug-likeness (QED) is 0.211. The molecule has 0 fully saturated rings. The number of benzene rings is 8. The Morgan fingerprint density at radius 2 is 0.927 bits per heavy atom. The van der Waals surface area contributed by atoms with Crippen molar-refractivity contribution >= 4 is 54.3 Å². The van der Waals surface area contributed by atoms with E-state index in [4.69, 9.17) is 4.42 Å². The maximum absolute atomic E-state index is 6.46. The van der Waals surface area contributed by atoms with Crippen LogP contribution in [0.4, 0.5) is 0 Å². The molecule has 1 aromatic heterocycles. The maximum Gasteiger partial charge on any atom is 0.143 e. The zero-order valence-electron chi connectivity index (χ0n) is 22.3. The Kier molecular flexibility index (Phi) is 4.67. The normalized spacial score (nSPS) is 11.9. The molecule has 0 aliphatic carbocycles. The van der Waals surface area contributed by atoms with Crippen molar-refractivity contribution < 1.29 is 4.42 Å². The average Bonchev–Trinajstić information content (AvgIpc) is 3.42. The van der Waals surface area contributed by atoms with Crippen LogP contribution in [0.25, 0.3) is 87.6 Å². The Bertz CT molecular complexity index is 2400. The van der Waals surface area contributed by atoms with Gasteiger partial charge in [0.2, 0.25) is 0 Å². The van der Waals surface area contributed by atoms with Gasteiger partial charge in [0.25, 0.3) is 0 Å². The van der Waals surface area contributed by atoms with E-state index in [0.29, 0.717) is 0 Å². The van der Waals surface area contributed by atoms with Crippen molar-refractivity contribution in [1.29, 1.82) is 0 Å². The lowest BCUT2D eigenvalue weighted by Crippen LogP contribution is -1.89. The highest BCUT2D eigenvalue weighted by Crippen LogP contribution is 2.43. The molecule has 0 bridgehead atoms. The van der Waals surface area contributed by atoms with Gasteiger partial charge in [0.05, 0.1) is 0 Å². The van der Waals surface area contributed by atoms with E-state index in [1.807, 2.05) is 6.07 Å². The Labute approximate surface area is 237 Å². The molecule has 0 amide bonds. The third kappa shape index (κ3) is 3.30. The smallest absolute Gasteiger partial charge is 0.143 e. The molecule has 41 heavy (non-hydrogen) atoms. The molecule has 1 heteroatoms. The monoisotopic (exact) mass is 520 g/mol. The molecule has 1 nitrogen and oxygen atoms in total. The summed E-state index contributed by atoms with van der Waals surface area (Å²) >= 11 is 0. The largest absolute Gasteiger partial charge is 0.455 e. The van der Waals surface area contributed by atoms with Gasteiger partial charge < -0.3 is 4.42 Å². The predicted molar refractivity (Wildman–Crippen MR) is 174 cm³/mol. The molecule has 0 aliphatic heterocycles. The minimum Gasteiger partial charge on any atom is -0.455 e. The van der Waals surface area contributed by atoms with Crippen molar-refractivity contribution in [3.05, 3.63) is 146 Å². The summed E-state index contributed by atoms with van der Waals surface area (Å²) in [7, 11) is 0. The Hall–Kier alpha value is -5.40. The molecule has 0 N–H and O–H groups in total. The highest BCUT2D eigenvalue weighted by Gasteiger charge is 2.17. The lowest BCUT2D eigenvalue weighted by atomic mass is 9.87. The second-order valence-electron chi connectivity index (χ2n) is 10.9. The molecule has 0 saturated heterocycles. The highest BCUT2D eigenvalue weighted by atomic mass is 16.3. The molecule has 0 atom stereocenters. The van der Waals surface area contributed by atoms with Crippen molar-refractivity contribution in [2.75, 3.05) is 0 Å². The molecule has 190 valence electrons. The third-order valence-corrected chi connectivity index (χ3v) is 8.64. The van der Waals surface area contributed by atoms with Crippen LogP contribution >= 0.6 is 0 Å². The first-order chi connectivity index (χ1) is 20.3. The Morgan fingerprint density at radius 3 is 1.59 bits per heavy atom. The van der Waals surface area contributed by atoms with Crippen molar-refractivity contribution in [3.63, 3.8) is 0 Å². The number of fused-ring (bicyclic) bond motifs is 3. The van der Waals surface area contributed by atoms with Crippen LogP contribution in [0, 0.1) is 0 Å². The van der Waals surface area contributed by atoms with Gasteiger partial charge in [0, 0.05) is 16.3 Å². The molecule has 0 radical (unpaired) electrons. The number of hydrogen-bond donors (Lipinski definition) is 0. The van der Waals surface area contributed by atoms with E-state index in [0.717, 1.165) is 27.5 Å². The summed E-state index contributed by atoms with van der Waals surface area (Å²) in [5.41, 5.74) is 9.11. The van der Waals surface area contributed by atoms with E-state index in [2.05, 4.69) is 140 Å². The molecular formula is C40H24O. The third-order valence-electron chi connectivity index (χ3n) is 8.64. The van der Waals surface area contributed by atoms with E-state index >= 15 is 0 Å². The van der Waals surface area contributed by atoms with Gasteiger partial charge in [0.15, 0.2) is 0 Å². The van der Waals surface area contributed by atoms with E-state index < -0.39 is 0 Å². The number of rotatable bonds is 3. The van der Waals surface area contributed by atoms with Crippen LogP contribution in [-0.4, -0.2) is 0 Å².